The molecule has 0 radical (unpaired) electrons. The maximum absolute atomic E-state index is 11.8. The molecule has 2 rings (SSSR count). The Morgan fingerprint density at radius 2 is 2.17 bits per heavy atom. The summed E-state index contributed by atoms with van der Waals surface area (Å²) in [4.78, 5) is 11.8. The lowest BCUT2D eigenvalue weighted by Crippen LogP contribution is -2.26. The van der Waals surface area contributed by atoms with Crippen molar-refractivity contribution in [3.05, 3.63) is 29.8 Å². The molecule has 1 amide bonds. The Morgan fingerprint density at radius 3 is 2.78 bits per heavy atom. The van der Waals surface area contributed by atoms with Crippen LogP contribution in [0, 0.1) is 5.41 Å². The molecule has 18 heavy (non-hydrogen) atoms. The van der Waals surface area contributed by atoms with Crippen LogP contribution in [-0.4, -0.2) is 18.5 Å². The summed E-state index contributed by atoms with van der Waals surface area (Å²) in [6, 6.07) is 8.16. The van der Waals surface area contributed by atoms with Crippen LogP contribution in [0.5, 0.6) is 0 Å². The van der Waals surface area contributed by atoms with Gasteiger partial charge in [0.1, 0.15) is 0 Å². The van der Waals surface area contributed by atoms with Crippen molar-refractivity contribution in [3.8, 4) is 0 Å². The maximum atomic E-state index is 11.8. The van der Waals surface area contributed by atoms with E-state index in [1.807, 2.05) is 31.2 Å². The first-order valence-corrected chi connectivity index (χ1v) is 6.70. The van der Waals surface area contributed by atoms with Crippen LogP contribution in [0.3, 0.4) is 0 Å². The van der Waals surface area contributed by atoms with Crippen molar-refractivity contribution < 1.29 is 4.79 Å². The summed E-state index contributed by atoms with van der Waals surface area (Å²) in [6.45, 7) is 7.10. The van der Waals surface area contributed by atoms with E-state index >= 15 is 0 Å². The smallest absolute Gasteiger partial charge is 0.251 e. The lowest BCUT2D eigenvalue weighted by atomic mass is 10.0. The molecule has 1 unspecified atom stereocenters. The minimum absolute atomic E-state index is 0.00793. The molecule has 0 aliphatic heterocycles. The van der Waals surface area contributed by atoms with Gasteiger partial charge in [0.2, 0.25) is 0 Å². The van der Waals surface area contributed by atoms with Gasteiger partial charge in [0.05, 0.1) is 0 Å². The van der Waals surface area contributed by atoms with E-state index in [-0.39, 0.29) is 5.91 Å². The summed E-state index contributed by atoms with van der Waals surface area (Å²) < 4.78 is 0. The number of carbonyl (C=O) groups is 1. The highest BCUT2D eigenvalue weighted by atomic mass is 16.1. The van der Waals surface area contributed by atoms with Gasteiger partial charge < -0.3 is 10.6 Å². The standard InChI is InChI=1S/C15H22N2O/c1-4-16-14(18)12-6-5-7-13(10-12)17-11(2)15(3)8-9-15/h5-7,10-11,17H,4,8-9H2,1-3H3,(H,16,18). The third-order valence-electron chi connectivity index (χ3n) is 3.93. The lowest BCUT2D eigenvalue weighted by Gasteiger charge is -2.21. The van der Waals surface area contributed by atoms with Crippen LogP contribution >= 0.6 is 0 Å². The molecule has 1 saturated carbocycles. The number of benzene rings is 1. The van der Waals surface area contributed by atoms with E-state index in [0.29, 0.717) is 18.0 Å². The SMILES string of the molecule is CCNC(=O)c1cccc(NC(C)C2(C)CC2)c1. The first kappa shape index (κ1) is 12.9. The predicted molar refractivity (Wildman–Crippen MR) is 74.9 cm³/mol. The van der Waals surface area contributed by atoms with Crippen molar-refractivity contribution in [2.45, 2.75) is 39.7 Å². The van der Waals surface area contributed by atoms with Crippen LogP contribution < -0.4 is 10.6 Å². The molecular formula is C15H22N2O. The highest BCUT2D eigenvalue weighted by molar-refractivity contribution is 5.95. The highest BCUT2D eigenvalue weighted by Crippen LogP contribution is 2.48. The molecule has 1 aliphatic carbocycles. The second kappa shape index (κ2) is 5.01. The van der Waals surface area contributed by atoms with E-state index in [0.717, 1.165) is 11.3 Å². The third-order valence-corrected chi connectivity index (χ3v) is 3.93. The Balaban J connectivity index is 2.05. The van der Waals surface area contributed by atoms with Crippen LogP contribution in [-0.2, 0) is 0 Å². The van der Waals surface area contributed by atoms with Gasteiger partial charge in [-0.25, -0.2) is 0 Å². The Morgan fingerprint density at radius 1 is 1.44 bits per heavy atom. The molecule has 0 spiro atoms. The third kappa shape index (κ3) is 2.84. The van der Waals surface area contributed by atoms with E-state index in [1.165, 1.54) is 12.8 Å². The lowest BCUT2D eigenvalue weighted by molar-refractivity contribution is 0.0956. The molecular weight excluding hydrogens is 224 g/mol. The Hall–Kier alpha value is -1.51. The summed E-state index contributed by atoms with van der Waals surface area (Å²) in [5, 5.41) is 6.32. The summed E-state index contributed by atoms with van der Waals surface area (Å²) >= 11 is 0. The largest absolute Gasteiger partial charge is 0.382 e. The normalized spacial score (nSPS) is 17.9. The quantitative estimate of drug-likeness (QED) is 0.838. The van der Waals surface area contributed by atoms with Crippen molar-refractivity contribution in [1.29, 1.82) is 0 Å². The average Bonchev–Trinajstić information content (AvgIpc) is 3.09. The fourth-order valence-electron chi connectivity index (χ4n) is 2.07. The molecule has 0 heterocycles. The number of rotatable bonds is 5. The zero-order chi connectivity index (χ0) is 13.2. The number of hydrogen-bond acceptors (Lipinski definition) is 2. The molecule has 3 heteroatoms. The Kier molecular flexibility index (Phi) is 3.60. The Bertz CT molecular complexity index is 438. The molecule has 0 aromatic heterocycles. The maximum Gasteiger partial charge on any atom is 0.251 e. The number of amides is 1. The van der Waals surface area contributed by atoms with Gasteiger partial charge >= 0.3 is 0 Å². The van der Waals surface area contributed by atoms with Crippen LogP contribution in [0.25, 0.3) is 0 Å². The van der Waals surface area contributed by atoms with Crippen LogP contribution in [0.15, 0.2) is 24.3 Å². The van der Waals surface area contributed by atoms with Crippen molar-refractivity contribution in [2.24, 2.45) is 5.41 Å². The monoisotopic (exact) mass is 246 g/mol. The summed E-state index contributed by atoms with van der Waals surface area (Å²) in [7, 11) is 0. The van der Waals surface area contributed by atoms with E-state index < -0.39 is 0 Å². The van der Waals surface area contributed by atoms with E-state index in [2.05, 4.69) is 24.5 Å². The van der Waals surface area contributed by atoms with Crippen LogP contribution in [0.1, 0.15) is 44.0 Å². The van der Waals surface area contributed by atoms with Crippen molar-refractivity contribution in [3.63, 3.8) is 0 Å². The number of carbonyl (C=O) groups excluding carboxylic acids is 1. The van der Waals surface area contributed by atoms with E-state index in [1.54, 1.807) is 0 Å². The second-order valence-electron chi connectivity index (χ2n) is 5.46. The zero-order valence-corrected chi connectivity index (χ0v) is 11.4. The molecule has 1 aromatic rings. The van der Waals surface area contributed by atoms with Gasteiger partial charge in [-0.2, -0.15) is 0 Å². The van der Waals surface area contributed by atoms with Gasteiger partial charge in [0, 0.05) is 23.8 Å². The van der Waals surface area contributed by atoms with E-state index in [4.69, 9.17) is 0 Å². The van der Waals surface area contributed by atoms with Gasteiger partial charge in [-0.15, -0.1) is 0 Å². The average molecular weight is 246 g/mol. The fraction of sp³-hybridized carbons (Fsp3) is 0.533. The van der Waals surface area contributed by atoms with Crippen molar-refractivity contribution in [2.75, 3.05) is 11.9 Å². The van der Waals surface area contributed by atoms with Crippen LogP contribution in [0.4, 0.5) is 5.69 Å². The molecule has 2 N–H and O–H groups in total. The topological polar surface area (TPSA) is 41.1 Å². The summed E-state index contributed by atoms with van der Waals surface area (Å²) in [6.07, 6.45) is 2.58. The molecule has 1 aliphatic rings. The minimum atomic E-state index is -0.00793. The molecule has 0 saturated heterocycles. The second-order valence-corrected chi connectivity index (χ2v) is 5.46. The molecule has 1 fully saturated rings. The van der Waals surface area contributed by atoms with Crippen molar-refractivity contribution >= 4 is 11.6 Å². The minimum Gasteiger partial charge on any atom is -0.382 e. The van der Waals surface area contributed by atoms with Gasteiger partial charge in [-0.1, -0.05) is 13.0 Å². The molecule has 1 aromatic carbocycles. The van der Waals surface area contributed by atoms with E-state index in [9.17, 15) is 4.79 Å². The van der Waals surface area contributed by atoms with Crippen molar-refractivity contribution in [1.82, 2.24) is 5.32 Å². The fourth-order valence-corrected chi connectivity index (χ4v) is 2.07. The predicted octanol–water partition coefficient (Wildman–Crippen LogP) is 3.04. The highest BCUT2D eigenvalue weighted by Gasteiger charge is 2.42. The molecule has 0 bridgehead atoms. The zero-order valence-electron chi connectivity index (χ0n) is 11.4. The molecule has 98 valence electrons. The first-order chi connectivity index (χ1) is 8.55. The van der Waals surface area contributed by atoms with Gasteiger partial charge in [0.25, 0.3) is 5.91 Å². The van der Waals surface area contributed by atoms with Crippen LogP contribution in [0.2, 0.25) is 0 Å². The first-order valence-electron chi connectivity index (χ1n) is 6.70. The molecule has 3 nitrogen and oxygen atoms in total. The summed E-state index contributed by atoms with van der Waals surface area (Å²) in [5.41, 5.74) is 2.18. The number of anilines is 1. The van der Waals surface area contributed by atoms with Gasteiger partial charge in [-0.3, -0.25) is 4.79 Å². The van der Waals surface area contributed by atoms with Gasteiger partial charge in [0.15, 0.2) is 0 Å². The summed E-state index contributed by atoms with van der Waals surface area (Å²) in [5.74, 6) is -0.00793. The van der Waals surface area contributed by atoms with Gasteiger partial charge in [-0.05, 0) is 50.3 Å². The molecule has 1 atom stereocenters. The number of nitrogens with one attached hydrogen (secondary N) is 2. The Labute approximate surface area is 109 Å². The number of hydrogen-bond donors (Lipinski definition) is 2.